The fourth-order valence-corrected chi connectivity index (χ4v) is 2.70. The summed E-state index contributed by atoms with van der Waals surface area (Å²) in [5.41, 5.74) is 3.82. The Morgan fingerprint density at radius 2 is 0.957 bits per heavy atom. The van der Waals surface area contributed by atoms with Gasteiger partial charge >= 0.3 is 0 Å². The molecular formula is C19H24O4. The quantitative estimate of drug-likeness (QED) is 0.612. The molecule has 4 heteroatoms. The van der Waals surface area contributed by atoms with Gasteiger partial charge in [-0.05, 0) is 22.3 Å². The Morgan fingerprint density at radius 3 is 1.22 bits per heavy atom. The van der Waals surface area contributed by atoms with Crippen LogP contribution >= 0.6 is 0 Å². The minimum Gasteiger partial charge on any atom is -0.368 e. The maximum atomic E-state index is 9.02. The van der Waals surface area contributed by atoms with Crippen LogP contribution in [0, 0.1) is 0 Å². The van der Waals surface area contributed by atoms with E-state index in [0.717, 1.165) is 22.3 Å². The molecule has 0 aromatic heterocycles. The Hall–Kier alpha value is -1.72. The van der Waals surface area contributed by atoms with Gasteiger partial charge in [-0.2, -0.15) is 0 Å². The zero-order valence-corrected chi connectivity index (χ0v) is 13.5. The fourth-order valence-electron chi connectivity index (χ4n) is 2.70. The van der Waals surface area contributed by atoms with E-state index in [2.05, 4.69) is 13.8 Å². The number of aliphatic hydroxyl groups is 4. The summed E-state index contributed by atoms with van der Waals surface area (Å²) < 4.78 is 0. The average molecular weight is 316 g/mol. The van der Waals surface area contributed by atoms with Crippen molar-refractivity contribution in [3.63, 3.8) is 0 Å². The summed E-state index contributed by atoms with van der Waals surface area (Å²) in [6.07, 6.45) is -2.22. The monoisotopic (exact) mass is 316 g/mol. The van der Waals surface area contributed by atoms with Crippen LogP contribution in [0.15, 0.2) is 48.5 Å². The maximum Gasteiger partial charge on any atom is 0.155 e. The maximum absolute atomic E-state index is 9.02. The summed E-state index contributed by atoms with van der Waals surface area (Å²) in [7, 11) is 0. The van der Waals surface area contributed by atoms with Crippen LogP contribution in [-0.4, -0.2) is 33.0 Å². The number of benzene rings is 2. The van der Waals surface area contributed by atoms with Gasteiger partial charge in [0.2, 0.25) is 0 Å². The first-order valence-corrected chi connectivity index (χ1v) is 7.70. The molecule has 0 bridgehead atoms. The molecule has 0 spiro atoms. The molecule has 0 saturated heterocycles. The molecule has 0 saturated carbocycles. The van der Waals surface area contributed by atoms with Gasteiger partial charge in [-0.15, -0.1) is 0 Å². The van der Waals surface area contributed by atoms with Crippen molar-refractivity contribution >= 4 is 0 Å². The van der Waals surface area contributed by atoms with Crippen molar-refractivity contribution in [1.29, 1.82) is 0 Å². The van der Waals surface area contributed by atoms with Crippen molar-refractivity contribution in [2.75, 3.05) is 0 Å². The molecule has 0 fully saturated rings. The molecule has 0 atom stereocenters. The first-order valence-electron chi connectivity index (χ1n) is 7.70. The lowest BCUT2D eigenvalue weighted by molar-refractivity contribution is -0.0388. The molecule has 0 heterocycles. The zero-order chi connectivity index (χ0) is 17.0. The number of aliphatic hydroxyl groups excluding tert-OH is 2. The van der Waals surface area contributed by atoms with Gasteiger partial charge in [-0.1, -0.05) is 62.4 Å². The predicted octanol–water partition coefficient (Wildman–Crippen LogP) is 1.72. The molecule has 2 rings (SSSR count). The largest absolute Gasteiger partial charge is 0.368 e. The minimum atomic E-state index is -1.33. The molecule has 23 heavy (non-hydrogen) atoms. The van der Waals surface area contributed by atoms with E-state index in [1.807, 2.05) is 48.5 Å². The zero-order valence-electron chi connectivity index (χ0n) is 13.5. The molecule has 0 aliphatic heterocycles. The van der Waals surface area contributed by atoms with E-state index < -0.39 is 12.6 Å². The molecule has 0 amide bonds. The van der Waals surface area contributed by atoms with Gasteiger partial charge in [0, 0.05) is 18.3 Å². The van der Waals surface area contributed by atoms with Crippen LogP contribution in [-0.2, 0) is 18.3 Å². The second-order valence-electron chi connectivity index (χ2n) is 6.39. The summed E-state index contributed by atoms with van der Waals surface area (Å²) in [5.74, 6) is 0. The molecule has 124 valence electrons. The second-order valence-corrected chi connectivity index (χ2v) is 6.39. The normalized spacial score (nSPS) is 12.2. The standard InChI is InChI=1S/C19H24O4/c1-19(2,15-7-3-13(4-8-15)11-17(20)21)16-9-5-14(6-10-16)12-18(22)23/h3-10,17-18,20-23H,11-12H2,1-2H3. The summed E-state index contributed by atoms with van der Waals surface area (Å²) in [4.78, 5) is 0. The van der Waals surface area contributed by atoms with E-state index in [0.29, 0.717) is 0 Å². The van der Waals surface area contributed by atoms with E-state index in [-0.39, 0.29) is 18.3 Å². The van der Waals surface area contributed by atoms with Crippen molar-refractivity contribution in [2.24, 2.45) is 0 Å². The van der Waals surface area contributed by atoms with Crippen LogP contribution in [0.5, 0.6) is 0 Å². The Kier molecular flexibility index (Phi) is 5.55. The highest BCUT2D eigenvalue weighted by atomic mass is 16.5. The van der Waals surface area contributed by atoms with Crippen LogP contribution in [0.2, 0.25) is 0 Å². The lowest BCUT2D eigenvalue weighted by Gasteiger charge is -2.26. The Balaban J connectivity index is 2.19. The third kappa shape index (κ3) is 4.62. The Morgan fingerprint density at radius 1 is 0.652 bits per heavy atom. The fraction of sp³-hybridized carbons (Fsp3) is 0.368. The lowest BCUT2D eigenvalue weighted by Crippen LogP contribution is -2.19. The van der Waals surface area contributed by atoms with Crippen molar-refractivity contribution < 1.29 is 20.4 Å². The topological polar surface area (TPSA) is 80.9 Å². The highest BCUT2D eigenvalue weighted by molar-refractivity contribution is 5.39. The van der Waals surface area contributed by atoms with Crippen LogP contribution in [0.1, 0.15) is 36.1 Å². The van der Waals surface area contributed by atoms with Gasteiger partial charge in [0.25, 0.3) is 0 Å². The third-order valence-electron chi connectivity index (χ3n) is 4.19. The van der Waals surface area contributed by atoms with Gasteiger partial charge in [-0.3, -0.25) is 0 Å². The average Bonchev–Trinajstić information content (AvgIpc) is 2.47. The lowest BCUT2D eigenvalue weighted by atomic mass is 9.77. The molecule has 0 aliphatic carbocycles. The van der Waals surface area contributed by atoms with Crippen molar-refractivity contribution in [1.82, 2.24) is 0 Å². The van der Waals surface area contributed by atoms with Crippen LogP contribution in [0.3, 0.4) is 0 Å². The number of hydrogen-bond donors (Lipinski definition) is 4. The molecule has 4 N–H and O–H groups in total. The van der Waals surface area contributed by atoms with Gasteiger partial charge in [0.15, 0.2) is 12.6 Å². The highest BCUT2D eigenvalue weighted by Crippen LogP contribution is 2.31. The summed E-state index contributed by atoms with van der Waals surface area (Å²) in [6, 6.07) is 15.7. The van der Waals surface area contributed by atoms with E-state index in [1.54, 1.807) is 0 Å². The first-order chi connectivity index (χ1) is 10.8. The summed E-state index contributed by atoms with van der Waals surface area (Å²) in [5, 5.41) is 36.1. The third-order valence-corrected chi connectivity index (χ3v) is 4.19. The van der Waals surface area contributed by atoms with Crippen LogP contribution in [0.25, 0.3) is 0 Å². The van der Waals surface area contributed by atoms with Crippen molar-refractivity contribution in [3.8, 4) is 0 Å². The van der Waals surface area contributed by atoms with Gasteiger partial charge in [0.05, 0.1) is 0 Å². The van der Waals surface area contributed by atoms with Crippen LogP contribution < -0.4 is 0 Å². The minimum absolute atomic E-state index is 0.202. The highest BCUT2D eigenvalue weighted by Gasteiger charge is 2.23. The SMILES string of the molecule is CC(C)(c1ccc(CC(O)O)cc1)c1ccc(CC(O)O)cc1. The van der Waals surface area contributed by atoms with E-state index in [9.17, 15) is 0 Å². The second kappa shape index (κ2) is 7.23. The number of hydrogen-bond acceptors (Lipinski definition) is 4. The molecule has 4 nitrogen and oxygen atoms in total. The first kappa shape index (κ1) is 17.6. The molecule has 2 aromatic rings. The Bertz CT molecular complexity index is 557. The summed E-state index contributed by atoms with van der Waals surface area (Å²) in [6.45, 7) is 4.25. The molecule has 2 aromatic carbocycles. The van der Waals surface area contributed by atoms with E-state index in [1.165, 1.54) is 0 Å². The van der Waals surface area contributed by atoms with Crippen LogP contribution in [0.4, 0.5) is 0 Å². The smallest absolute Gasteiger partial charge is 0.155 e. The van der Waals surface area contributed by atoms with E-state index >= 15 is 0 Å². The van der Waals surface area contributed by atoms with E-state index in [4.69, 9.17) is 20.4 Å². The molecule has 0 aliphatic rings. The van der Waals surface area contributed by atoms with Gasteiger partial charge < -0.3 is 20.4 Å². The molecule has 0 radical (unpaired) electrons. The van der Waals surface area contributed by atoms with Crippen molar-refractivity contribution in [2.45, 2.75) is 44.7 Å². The predicted molar refractivity (Wildman–Crippen MR) is 88.9 cm³/mol. The van der Waals surface area contributed by atoms with Gasteiger partial charge in [0.1, 0.15) is 0 Å². The number of rotatable bonds is 6. The Labute approximate surface area is 136 Å². The van der Waals surface area contributed by atoms with Crippen molar-refractivity contribution in [3.05, 3.63) is 70.8 Å². The molecular weight excluding hydrogens is 292 g/mol. The van der Waals surface area contributed by atoms with Gasteiger partial charge in [-0.25, -0.2) is 0 Å². The molecule has 0 unspecified atom stereocenters. The summed E-state index contributed by atoms with van der Waals surface area (Å²) >= 11 is 0.